The predicted molar refractivity (Wildman–Crippen MR) is 77.5 cm³/mol. The first-order valence-electron chi connectivity index (χ1n) is 6.85. The maximum absolute atomic E-state index is 11.5. The molecule has 0 aliphatic rings. The normalized spacial score (nSPS) is 10.1. The van der Waals surface area contributed by atoms with E-state index in [4.69, 9.17) is 10.5 Å². The lowest BCUT2D eigenvalue weighted by Gasteiger charge is -2.08. The molecule has 0 fully saturated rings. The Morgan fingerprint density at radius 1 is 1.15 bits per heavy atom. The third-order valence-electron chi connectivity index (χ3n) is 2.41. The lowest BCUT2D eigenvalue weighted by atomic mass is 10.3. The Hall–Kier alpha value is -2.12. The third-order valence-corrected chi connectivity index (χ3v) is 2.41. The summed E-state index contributed by atoms with van der Waals surface area (Å²) in [6, 6.07) is 0. The van der Waals surface area contributed by atoms with Crippen LogP contribution in [0.25, 0.3) is 0 Å². The standard InChI is InChI=1S/C12H22N6O2/c1-3-5-7-14-10-15-9(13)16-11(17-10)18-12(19)20-8-6-4-2/h3-8H2,1-2H3,(H4,13,14,15,16,17,18,19). The smallest absolute Gasteiger partial charge is 0.414 e. The minimum atomic E-state index is -0.594. The molecule has 4 N–H and O–H groups in total. The molecule has 0 aliphatic carbocycles. The van der Waals surface area contributed by atoms with Gasteiger partial charge in [-0.25, -0.2) is 4.79 Å². The second kappa shape index (κ2) is 8.89. The van der Waals surface area contributed by atoms with Crippen LogP contribution in [0.2, 0.25) is 0 Å². The molecule has 0 radical (unpaired) electrons. The second-order valence-corrected chi connectivity index (χ2v) is 4.24. The van der Waals surface area contributed by atoms with Crippen molar-refractivity contribution in [3.8, 4) is 0 Å². The van der Waals surface area contributed by atoms with Gasteiger partial charge in [-0.3, -0.25) is 5.32 Å². The van der Waals surface area contributed by atoms with Crippen LogP contribution in [0.1, 0.15) is 39.5 Å². The average Bonchev–Trinajstić information content (AvgIpc) is 2.38. The van der Waals surface area contributed by atoms with E-state index < -0.39 is 6.09 Å². The lowest BCUT2D eigenvalue weighted by molar-refractivity contribution is 0.159. The molecule has 1 rings (SSSR count). The van der Waals surface area contributed by atoms with Crippen LogP contribution >= 0.6 is 0 Å². The fraction of sp³-hybridized carbons (Fsp3) is 0.667. The van der Waals surface area contributed by atoms with Crippen molar-refractivity contribution in [2.45, 2.75) is 39.5 Å². The molecule has 8 nitrogen and oxygen atoms in total. The first kappa shape index (κ1) is 15.9. The van der Waals surface area contributed by atoms with Gasteiger partial charge in [0.25, 0.3) is 0 Å². The van der Waals surface area contributed by atoms with Gasteiger partial charge in [0.05, 0.1) is 6.61 Å². The van der Waals surface area contributed by atoms with Gasteiger partial charge < -0.3 is 15.8 Å². The number of ether oxygens (including phenoxy) is 1. The molecule has 112 valence electrons. The topological polar surface area (TPSA) is 115 Å². The lowest BCUT2D eigenvalue weighted by Crippen LogP contribution is -2.18. The number of hydrogen-bond donors (Lipinski definition) is 3. The zero-order valence-corrected chi connectivity index (χ0v) is 12.0. The molecule has 20 heavy (non-hydrogen) atoms. The first-order chi connectivity index (χ1) is 9.65. The minimum absolute atomic E-state index is 0.0443. The molecule has 0 aromatic carbocycles. The van der Waals surface area contributed by atoms with Gasteiger partial charge in [-0.05, 0) is 12.8 Å². The predicted octanol–water partition coefficient (Wildman–Crippen LogP) is 2.01. The van der Waals surface area contributed by atoms with Gasteiger partial charge in [0.1, 0.15) is 0 Å². The summed E-state index contributed by atoms with van der Waals surface area (Å²) in [7, 11) is 0. The number of nitrogens with zero attached hydrogens (tertiary/aromatic N) is 3. The number of aromatic nitrogens is 3. The zero-order chi connectivity index (χ0) is 14.8. The van der Waals surface area contributed by atoms with E-state index in [1.807, 2.05) is 6.92 Å². The average molecular weight is 282 g/mol. The summed E-state index contributed by atoms with van der Waals surface area (Å²) in [5.41, 5.74) is 5.57. The SMILES string of the molecule is CCCCNc1nc(N)nc(NC(=O)OCCCC)n1. The molecule has 0 unspecified atom stereocenters. The van der Waals surface area contributed by atoms with Crippen LogP contribution in [-0.2, 0) is 4.74 Å². The van der Waals surface area contributed by atoms with Crippen LogP contribution in [0.15, 0.2) is 0 Å². The van der Waals surface area contributed by atoms with E-state index in [0.717, 1.165) is 32.2 Å². The summed E-state index contributed by atoms with van der Waals surface area (Å²) in [6.45, 7) is 5.20. The number of nitrogen functional groups attached to an aromatic ring is 1. The van der Waals surface area contributed by atoms with Crippen LogP contribution < -0.4 is 16.4 Å². The molecule has 0 saturated heterocycles. The van der Waals surface area contributed by atoms with E-state index in [-0.39, 0.29) is 11.9 Å². The molecule has 1 aromatic heterocycles. The van der Waals surface area contributed by atoms with E-state index >= 15 is 0 Å². The van der Waals surface area contributed by atoms with Crippen molar-refractivity contribution in [1.82, 2.24) is 15.0 Å². The highest BCUT2D eigenvalue weighted by atomic mass is 16.5. The number of nitrogens with one attached hydrogen (secondary N) is 2. The molecule has 1 amide bonds. The van der Waals surface area contributed by atoms with E-state index in [1.165, 1.54) is 0 Å². The summed E-state index contributed by atoms with van der Waals surface area (Å²) in [6.07, 6.45) is 3.23. The number of carbonyl (C=O) groups is 1. The van der Waals surface area contributed by atoms with Crippen molar-refractivity contribution in [2.75, 3.05) is 29.5 Å². The van der Waals surface area contributed by atoms with Gasteiger partial charge in [-0.15, -0.1) is 0 Å². The molecule has 0 saturated carbocycles. The number of unbranched alkanes of at least 4 members (excludes halogenated alkanes) is 2. The number of anilines is 3. The second-order valence-electron chi connectivity index (χ2n) is 4.24. The van der Waals surface area contributed by atoms with Crippen LogP contribution in [-0.4, -0.2) is 34.2 Å². The Labute approximate surface area is 118 Å². The quantitative estimate of drug-likeness (QED) is 0.624. The molecule has 1 heterocycles. The fourth-order valence-electron chi connectivity index (χ4n) is 1.34. The molecule has 0 aliphatic heterocycles. The monoisotopic (exact) mass is 282 g/mol. The molecule has 0 atom stereocenters. The van der Waals surface area contributed by atoms with E-state index in [0.29, 0.717) is 12.6 Å². The van der Waals surface area contributed by atoms with Crippen LogP contribution in [0.3, 0.4) is 0 Å². The number of nitrogens with two attached hydrogens (primary N) is 1. The maximum atomic E-state index is 11.5. The number of rotatable bonds is 8. The molecule has 0 spiro atoms. The fourth-order valence-corrected chi connectivity index (χ4v) is 1.34. The Kier molecular flexibility index (Phi) is 7.08. The summed E-state index contributed by atoms with van der Waals surface area (Å²) in [5.74, 6) is 0.468. The molecule has 8 heteroatoms. The van der Waals surface area contributed by atoms with Gasteiger partial charge in [-0.2, -0.15) is 15.0 Å². The molecule has 0 bridgehead atoms. The Morgan fingerprint density at radius 3 is 2.55 bits per heavy atom. The van der Waals surface area contributed by atoms with E-state index in [2.05, 4.69) is 32.5 Å². The first-order valence-corrected chi connectivity index (χ1v) is 6.85. The van der Waals surface area contributed by atoms with Crippen molar-refractivity contribution >= 4 is 23.9 Å². The highest BCUT2D eigenvalue weighted by Crippen LogP contribution is 2.07. The molecular formula is C12H22N6O2. The van der Waals surface area contributed by atoms with Crippen molar-refractivity contribution < 1.29 is 9.53 Å². The van der Waals surface area contributed by atoms with Crippen LogP contribution in [0, 0.1) is 0 Å². The van der Waals surface area contributed by atoms with Crippen molar-refractivity contribution in [3.05, 3.63) is 0 Å². The number of carbonyl (C=O) groups excluding carboxylic acids is 1. The van der Waals surface area contributed by atoms with E-state index in [1.54, 1.807) is 0 Å². The summed E-state index contributed by atoms with van der Waals surface area (Å²) in [4.78, 5) is 23.3. The largest absolute Gasteiger partial charge is 0.449 e. The summed E-state index contributed by atoms with van der Waals surface area (Å²) >= 11 is 0. The Morgan fingerprint density at radius 2 is 1.85 bits per heavy atom. The minimum Gasteiger partial charge on any atom is -0.449 e. The summed E-state index contributed by atoms with van der Waals surface area (Å²) in [5, 5.41) is 5.45. The maximum Gasteiger partial charge on any atom is 0.414 e. The van der Waals surface area contributed by atoms with Gasteiger partial charge in [0.2, 0.25) is 17.8 Å². The van der Waals surface area contributed by atoms with Gasteiger partial charge in [0, 0.05) is 6.54 Å². The highest BCUT2D eigenvalue weighted by molar-refractivity contribution is 5.82. The van der Waals surface area contributed by atoms with Gasteiger partial charge in [0.15, 0.2) is 0 Å². The molecule has 1 aromatic rings. The third kappa shape index (κ3) is 6.17. The highest BCUT2D eigenvalue weighted by Gasteiger charge is 2.08. The van der Waals surface area contributed by atoms with E-state index in [9.17, 15) is 4.79 Å². The van der Waals surface area contributed by atoms with Crippen molar-refractivity contribution in [2.24, 2.45) is 0 Å². The molecular weight excluding hydrogens is 260 g/mol. The van der Waals surface area contributed by atoms with Crippen LogP contribution in [0.5, 0.6) is 0 Å². The Bertz CT molecular complexity index is 426. The Balaban J connectivity index is 2.54. The van der Waals surface area contributed by atoms with Crippen molar-refractivity contribution in [1.29, 1.82) is 0 Å². The van der Waals surface area contributed by atoms with Gasteiger partial charge in [-0.1, -0.05) is 26.7 Å². The zero-order valence-electron chi connectivity index (χ0n) is 12.0. The van der Waals surface area contributed by atoms with Crippen LogP contribution in [0.4, 0.5) is 22.6 Å². The van der Waals surface area contributed by atoms with Gasteiger partial charge >= 0.3 is 6.09 Å². The number of amides is 1. The van der Waals surface area contributed by atoms with Crippen molar-refractivity contribution in [3.63, 3.8) is 0 Å². The summed E-state index contributed by atoms with van der Waals surface area (Å²) < 4.78 is 4.95. The number of hydrogen-bond acceptors (Lipinski definition) is 7.